The summed E-state index contributed by atoms with van der Waals surface area (Å²) >= 11 is 6.14. The lowest BCUT2D eigenvalue weighted by molar-refractivity contribution is -0.137. The topological polar surface area (TPSA) is 99.2 Å². The Kier molecular flexibility index (Phi) is 7.43. The maximum absolute atomic E-state index is 13.2. The number of aromatic nitrogens is 2. The van der Waals surface area contributed by atoms with E-state index < -0.39 is 17.6 Å². The number of nitrogens with one attached hydrogen (secondary N) is 3. The first-order valence-corrected chi connectivity index (χ1v) is 9.07. The van der Waals surface area contributed by atoms with Crippen molar-refractivity contribution < 1.29 is 22.8 Å². The minimum Gasteiger partial charge on any atom is -0.368 e. The molecule has 12 heteroatoms. The van der Waals surface area contributed by atoms with E-state index in [0.717, 1.165) is 0 Å². The van der Waals surface area contributed by atoms with Gasteiger partial charge in [-0.05, 0) is 18.2 Å². The third-order valence-corrected chi connectivity index (χ3v) is 4.06. The first-order chi connectivity index (χ1) is 14.0. The van der Waals surface area contributed by atoms with Crippen molar-refractivity contribution in [1.29, 1.82) is 0 Å². The summed E-state index contributed by atoms with van der Waals surface area (Å²) in [5, 5.41) is 7.94. The molecule has 1 aromatic heterocycles. The number of nitrogens with zero attached hydrogens (tertiary/aromatic N) is 3. The van der Waals surface area contributed by atoms with Crippen molar-refractivity contribution in [2.75, 3.05) is 37.8 Å². The SMILES string of the molecule is CC(=O)NCCNc1nc(Nc2ccc(C(=O)N(C)C)c(Cl)c2)ncc1C(F)(F)F. The number of hydrogen-bond acceptors (Lipinski definition) is 6. The van der Waals surface area contributed by atoms with Crippen LogP contribution in [0.3, 0.4) is 0 Å². The summed E-state index contributed by atoms with van der Waals surface area (Å²) in [7, 11) is 3.17. The van der Waals surface area contributed by atoms with E-state index in [-0.39, 0.29) is 41.4 Å². The van der Waals surface area contributed by atoms with Crippen molar-refractivity contribution >= 4 is 40.9 Å². The highest BCUT2D eigenvalue weighted by atomic mass is 35.5. The van der Waals surface area contributed by atoms with Gasteiger partial charge in [0.05, 0.1) is 10.6 Å². The van der Waals surface area contributed by atoms with Gasteiger partial charge in [-0.15, -0.1) is 0 Å². The molecule has 3 N–H and O–H groups in total. The van der Waals surface area contributed by atoms with Gasteiger partial charge in [-0.2, -0.15) is 18.2 Å². The van der Waals surface area contributed by atoms with Crippen molar-refractivity contribution in [2.45, 2.75) is 13.1 Å². The standard InChI is InChI=1S/C18H20ClF3N6O2/c1-10(29)23-6-7-24-15-13(18(20,21)22)9-25-17(27-15)26-11-4-5-12(14(19)8-11)16(30)28(2)3/h4-5,8-9H,6-7H2,1-3H3,(H,23,29)(H2,24,25,26,27). The van der Waals surface area contributed by atoms with Crippen LogP contribution >= 0.6 is 11.6 Å². The van der Waals surface area contributed by atoms with Crippen LogP contribution in [0, 0.1) is 0 Å². The number of carbonyl (C=O) groups is 2. The molecule has 0 spiro atoms. The van der Waals surface area contributed by atoms with E-state index in [1.807, 2.05) is 0 Å². The third kappa shape index (κ3) is 6.21. The largest absolute Gasteiger partial charge is 0.421 e. The first kappa shape index (κ1) is 23.2. The second kappa shape index (κ2) is 9.61. The van der Waals surface area contributed by atoms with Crippen molar-refractivity contribution in [1.82, 2.24) is 20.2 Å². The lowest BCUT2D eigenvalue weighted by Gasteiger charge is -2.15. The van der Waals surface area contributed by atoms with Crippen LogP contribution in [-0.2, 0) is 11.0 Å². The van der Waals surface area contributed by atoms with Gasteiger partial charge in [0.15, 0.2) is 0 Å². The molecular formula is C18H20ClF3N6O2. The Morgan fingerprint density at radius 1 is 1.20 bits per heavy atom. The normalized spacial score (nSPS) is 11.0. The Hall–Kier alpha value is -3.08. The molecule has 1 aromatic carbocycles. The highest BCUT2D eigenvalue weighted by Crippen LogP contribution is 2.34. The zero-order chi connectivity index (χ0) is 22.5. The fourth-order valence-corrected chi connectivity index (χ4v) is 2.60. The first-order valence-electron chi connectivity index (χ1n) is 8.70. The highest BCUT2D eigenvalue weighted by Gasteiger charge is 2.35. The van der Waals surface area contributed by atoms with Gasteiger partial charge in [0.2, 0.25) is 11.9 Å². The number of anilines is 3. The molecule has 30 heavy (non-hydrogen) atoms. The Morgan fingerprint density at radius 2 is 1.90 bits per heavy atom. The summed E-state index contributed by atoms with van der Waals surface area (Å²) in [5.41, 5.74) is -0.374. The number of rotatable bonds is 7. The molecule has 2 amide bonds. The molecule has 0 aliphatic rings. The van der Waals surface area contributed by atoms with E-state index in [2.05, 4.69) is 25.9 Å². The average Bonchev–Trinajstić information content (AvgIpc) is 2.64. The summed E-state index contributed by atoms with van der Waals surface area (Å²) in [6, 6.07) is 4.47. The van der Waals surface area contributed by atoms with Crippen LogP contribution in [0.15, 0.2) is 24.4 Å². The maximum atomic E-state index is 13.2. The average molecular weight is 445 g/mol. The third-order valence-electron chi connectivity index (χ3n) is 3.75. The molecule has 8 nitrogen and oxygen atoms in total. The molecule has 2 rings (SSSR count). The van der Waals surface area contributed by atoms with E-state index in [1.165, 1.54) is 30.0 Å². The van der Waals surface area contributed by atoms with Crippen LogP contribution in [0.5, 0.6) is 0 Å². The molecule has 2 aromatic rings. The lowest BCUT2D eigenvalue weighted by Crippen LogP contribution is -2.27. The predicted octanol–water partition coefficient (Wildman–Crippen LogP) is 3.14. The minimum absolute atomic E-state index is 0.0340. The molecule has 1 heterocycles. The van der Waals surface area contributed by atoms with Crippen LogP contribution < -0.4 is 16.0 Å². The Balaban J connectivity index is 2.23. The van der Waals surface area contributed by atoms with Crippen molar-refractivity contribution in [3.05, 3.63) is 40.5 Å². The van der Waals surface area contributed by atoms with Crippen LogP contribution in [0.4, 0.5) is 30.6 Å². The number of amides is 2. The fourth-order valence-electron chi connectivity index (χ4n) is 2.34. The maximum Gasteiger partial charge on any atom is 0.421 e. The van der Waals surface area contributed by atoms with Gasteiger partial charge in [0.1, 0.15) is 11.4 Å². The predicted molar refractivity (Wildman–Crippen MR) is 107 cm³/mol. The van der Waals surface area contributed by atoms with E-state index >= 15 is 0 Å². The van der Waals surface area contributed by atoms with E-state index in [9.17, 15) is 22.8 Å². The summed E-state index contributed by atoms with van der Waals surface area (Å²) < 4.78 is 39.7. The highest BCUT2D eigenvalue weighted by molar-refractivity contribution is 6.34. The van der Waals surface area contributed by atoms with Crippen LogP contribution in [-0.4, -0.2) is 53.9 Å². The smallest absolute Gasteiger partial charge is 0.368 e. The Morgan fingerprint density at radius 3 is 2.47 bits per heavy atom. The van der Waals surface area contributed by atoms with Gasteiger partial charge in [0, 0.05) is 46.0 Å². The molecule has 0 aliphatic heterocycles. The molecule has 0 radical (unpaired) electrons. The van der Waals surface area contributed by atoms with E-state index in [1.54, 1.807) is 14.1 Å². The van der Waals surface area contributed by atoms with Gasteiger partial charge < -0.3 is 20.9 Å². The molecular weight excluding hydrogens is 425 g/mol. The molecule has 0 saturated heterocycles. The van der Waals surface area contributed by atoms with Gasteiger partial charge >= 0.3 is 6.18 Å². The summed E-state index contributed by atoms with van der Waals surface area (Å²) in [4.78, 5) is 31.9. The van der Waals surface area contributed by atoms with Crippen LogP contribution in [0.1, 0.15) is 22.8 Å². The minimum atomic E-state index is -4.66. The second-order valence-corrected chi connectivity index (χ2v) is 6.79. The number of halogens is 4. The van der Waals surface area contributed by atoms with Crippen LogP contribution in [0.25, 0.3) is 0 Å². The summed E-state index contributed by atoms with van der Waals surface area (Å²) in [6.45, 7) is 1.46. The van der Waals surface area contributed by atoms with Crippen molar-refractivity contribution in [3.8, 4) is 0 Å². The summed E-state index contributed by atoms with van der Waals surface area (Å²) in [6.07, 6.45) is -4.01. The van der Waals surface area contributed by atoms with Gasteiger partial charge in [-0.25, -0.2) is 4.98 Å². The van der Waals surface area contributed by atoms with Gasteiger partial charge in [-0.3, -0.25) is 9.59 Å². The summed E-state index contributed by atoms with van der Waals surface area (Å²) in [5.74, 6) is -1.13. The molecule has 0 fully saturated rings. The van der Waals surface area contributed by atoms with Crippen molar-refractivity contribution in [3.63, 3.8) is 0 Å². The molecule has 0 aliphatic carbocycles. The zero-order valence-electron chi connectivity index (χ0n) is 16.4. The molecule has 0 bridgehead atoms. The van der Waals surface area contributed by atoms with Gasteiger partial charge in [0.25, 0.3) is 5.91 Å². The number of carbonyl (C=O) groups excluding carboxylic acids is 2. The monoisotopic (exact) mass is 444 g/mol. The fraction of sp³-hybridized carbons (Fsp3) is 0.333. The molecule has 162 valence electrons. The number of benzene rings is 1. The molecule has 0 atom stereocenters. The number of alkyl halides is 3. The quantitative estimate of drug-likeness (QED) is 0.567. The van der Waals surface area contributed by atoms with E-state index in [0.29, 0.717) is 11.9 Å². The molecule has 0 unspecified atom stereocenters. The van der Waals surface area contributed by atoms with Crippen LogP contribution in [0.2, 0.25) is 5.02 Å². The molecule has 0 saturated carbocycles. The lowest BCUT2D eigenvalue weighted by atomic mass is 10.2. The van der Waals surface area contributed by atoms with Crippen molar-refractivity contribution in [2.24, 2.45) is 0 Å². The van der Waals surface area contributed by atoms with Gasteiger partial charge in [-0.1, -0.05) is 11.6 Å². The Bertz CT molecular complexity index is 937. The second-order valence-electron chi connectivity index (χ2n) is 6.38. The van der Waals surface area contributed by atoms with E-state index in [4.69, 9.17) is 11.6 Å². The zero-order valence-corrected chi connectivity index (χ0v) is 17.1. The Labute approximate surface area is 175 Å². The number of hydrogen-bond donors (Lipinski definition) is 3.